The third kappa shape index (κ3) is 10.9. The molecule has 0 amide bonds. The van der Waals surface area contributed by atoms with E-state index in [0.717, 1.165) is 16.5 Å². The summed E-state index contributed by atoms with van der Waals surface area (Å²) in [5.74, 6) is 0. The van der Waals surface area contributed by atoms with Crippen LogP contribution in [0.1, 0.15) is 105 Å². The minimum absolute atomic E-state index is 0. The Balaban J connectivity index is 0.000000248. The van der Waals surface area contributed by atoms with Crippen LogP contribution in [0.15, 0.2) is 132 Å². The summed E-state index contributed by atoms with van der Waals surface area (Å²) in [4.78, 5) is 13.2. The number of benzene rings is 4. The largest absolute Gasteiger partial charge is 0.486 e. The molecule has 0 aliphatic carbocycles. The Morgan fingerprint density at radius 3 is 2.08 bits per heavy atom. The van der Waals surface area contributed by atoms with Gasteiger partial charge in [-0.15, -0.1) is 47.5 Å². The summed E-state index contributed by atoms with van der Waals surface area (Å²) in [6.07, 6.45) is -1.81. The summed E-state index contributed by atoms with van der Waals surface area (Å²) in [5, 5.41) is 1.40. The molecule has 0 aliphatic heterocycles. The van der Waals surface area contributed by atoms with Gasteiger partial charge in [0.2, 0.25) is 5.71 Å². The van der Waals surface area contributed by atoms with E-state index in [2.05, 4.69) is 27.1 Å². The maximum absolute atomic E-state index is 9.24. The van der Waals surface area contributed by atoms with Crippen LogP contribution in [0.25, 0.3) is 55.7 Å². The standard InChI is InChI=1S/C32H33N2O.C23H24N.Ir/c1-21-10-15-26-25-8-7-9-27(29(25)35-30(26)34-21)28-18-23(16-17-33-28)20-32(5,6)24-13-11-22(12-14-24)19-31(2,3)4;1-17-10-12-20(14-21(17)19-8-6-5-7-9-19)22-13-11-18(16-24-22)15-23(2,3)4;/h7-8,10-18H,19-20H2,1-6H3;5-11,13-14,16H,15H2,1-4H3;/q2*-1;/i1D3,19D2,20D2;1D3,15D2;. The van der Waals surface area contributed by atoms with Crippen LogP contribution in [0, 0.1) is 36.7 Å². The minimum Gasteiger partial charge on any atom is -0.486 e. The second kappa shape index (κ2) is 18.2. The monoisotopic (exact) mass is 980 g/mol. The molecule has 0 unspecified atom stereocenters. The average Bonchev–Trinajstić information content (AvgIpc) is 3.69. The Morgan fingerprint density at radius 2 is 1.40 bits per heavy atom. The maximum atomic E-state index is 9.24. The molecule has 0 spiro atoms. The zero-order valence-electron chi connectivity index (χ0n) is 47.2. The molecular formula is C55H57IrN3O-2. The van der Waals surface area contributed by atoms with E-state index in [0.29, 0.717) is 55.7 Å². The number of fused-ring (bicyclic) bond motifs is 3. The second-order valence-corrected chi connectivity index (χ2v) is 17.2. The Kier molecular flexibility index (Phi) is 9.32. The molecule has 4 nitrogen and oxygen atoms in total. The van der Waals surface area contributed by atoms with E-state index < -0.39 is 49.1 Å². The molecule has 0 atom stereocenters. The summed E-state index contributed by atoms with van der Waals surface area (Å²) >= 11 is 0. The van der Waals surface area contributed by atoms with E-state index in [1.165, 1.54) is 12.1 Å². The fourth-order valence-electron chi connectivity index (χ4n) is 6.85. The van der Waals surface area contributed by atoms with E-state index in [1.807, 2.05) is 104 Å². The molecule has 4 aromatic heterocycles. The fourth-order valence-corrected chi connectivity index (χ4v) is 6.85. The Morgan fingerprint density at radius 1 is 0.667 bits per heavy atom. The van der Waals surface area contributed by atoms with Crippen molar-refractivity contribution in [3.63, 3.8) is 0 Å². The molecule has 309 valence electrons. The number of nitrogens with zero attached hydrogens (tertiary/aromatic N) is 3. The van der Waals surface area contributed by atoms with Gasteiger partial charge in [0, 0.05) is 60.0 Å². The van der Waals surface area contributed by atoms with Gasteiger partial charge in [-0.3, -0.25) is 0 Å². The first-order chi connectivity index (χ1) is 32.8. The van der Waals surface area contributed by atoms with Crippen LogP contribution < -0.4 is 0 Å². The van der Waals surface area contributed by atoms with Crippen molar-refractivity contribution < 1.29 is 41.0 Å². The third-order valence-electron chi connectivity index (χ3n) is 9.49. The van der Waals surface area contributed by atoms with Crippen molar-refractivity contribution in [2.45, 2.75) is 93.6 Å². The minimum atomic E-state index is -2.37. The predicted octanol–water partition coefficient (Wildman–Crippen LogP) is 14.4. The van der Waals surface area contributed by atoms with Crippen molar-refractivity contribution in [2.24, 2.45) is 10.8 Å². The van der Waals surface area contributed by atoms with Gasteiger partial charge in [-0.25, -0.2) is 4.98 Å². The maximum Gasteiger partial charge on any atom is 0.216 e. The number of hydrogen-bond acceptors (Lipinski definition) is 4. The summed E-state index contributed by atoms with van der Waals surface area (Å²) in [7, 11) is 0. The molecule has 60 heavy (non-hydrogen) atoms. The molecule has 0 fully saturated rings. The average molecular weight is 980 g/mol. The normalized spacial score (nSPS) is 16.0. The van der Waals surface area contributed by atoms with Gasteiger partial charge in [0.15, 0.2) is 0 Å². The van der Waals surface area contributed by atoms with Crippen LogP contribution in [0.5, 0.6) is 0 Å². The Hall–Kier alpha value is -5.22. The molecule has 5 heteroatoms. The van der Waals surface area contributed by atoms with Gasteiger partial charge >= 0.3 is 0 Å². The van der Waals surface area contributed by atoms with Crippen LogP contribution in [-0.4, -0.2) is 15.0 Å². The van der Waals surface area contributed by atoms with Crippen molar-refractivity contribution in [3.8, 4) is 33.6 Å². The van der Waals surface area contributed by atoms with Gasteiger partial charge in [0.1, 0.15) is 0 Å². The molecule has 8 rings (SSSR count). The van der Waals surface area contributed by atoms with Crippen LogP contribution in [0.2, 0.25) is 0 Å². The van der Waals surface area contributed by atoms with Crippen molar-refractivity contribution >= 4 is 22.1 Å². The summed E-state index contributed by atoms with van der Waals surface area (Å²) in [6.45, 7) is 10.2. The second-order valence-electron chi connectivity index (χ2n) is 17.2. The van der Waals surface area contributed by atoms with E-state index in [9.17, 15) is 2.74 Å². The third-order valence-corrected chi connectivity index (χ3v) is 9.49. The van der Waals surface area contributed by atoms with E-state index in [-0.39, 0.29) is 37.1 Å². The van der Waals surface area contributed by atoms with E-state index in [1.54, 1.807) is 67.0 Å². The summed E-state index contributed by atoms with van der Waals surface area (Å²) in [6, 6.07) is 39.5. The van der Waals surface area contributed by atoms with Gasteiger partial charge in [-0.05, 0) is 94.1 Å². The molecule has 8 aromatic rings. The van der Waals surface area contributed by atoms with Crippen LogP contribution >= 0.6 is 0 Å². The van der Waals surface area contributed by atoms with Gasteiger partial charge in [0.25, 0.3) is 0 Å². The van der Waals surface area contributed by atoms with Crippen LogP contribution in [-0.2, 0) is 44.6 Å². The zero-order chi connectivity index (χ0) is 52.3. The van der Waals surface area contributed by atoms with Gasteiger partial charge in [0.05, 0.1) is 5.58 Å². The van der Waals surface area contributed by atoms with Gasteiger partial charge < -0.3 is 14.4 Å². The number of aromatic nitrogens is 3. The SMILES string of the molecule is [2H]C([2H])([2H])c1c[c-]c(-c2ccc(C([2H])([2H])C(C)(C)C)cn2)cc1-c1ccccc1.[2H]C([2H])([2H])c1ccc2c(n1)oc1c(-c3cc(C([2H])([2H])C(C)(C)c4ccc(C([2H])([2H])C(C)(C)C)cc4)ccn3)[c-]ccc12.[Ir]. The first-order valence-corrected chi connectivity index (χ1v) is 19.7. The Labute approximate surface area is 388 Å². The van der Waals surface area contributed by atoms with E-state index >= 15 is 0 Å². The number of pyridine rings is 3. The fraction of sp³-hybridized carbons (Fsp3) is 0.291. The van der Waals surface area contributed by atoms with Gasteiger partial charge in [-0.1, -0.05) is 157 Å². The van der Waals surface area contributed by atoms with Crippen molar-refractivity contribution in [3.05, 3.63) is 173 Å². The first-order valence-electron chi connectivity index (χ1n) is 25.7. The topological polar surface area (TPSA) is 51.8 Å². The number of rotatable bonds is 8. The summed E-state index contributed by atoms with van der Waals surface area (Å²) < 4.78 is 105. The van der Waals surface area contributed by atoms with Crippen molar-refractivity contribution in [2.75, 3.05) is 0 Å². The molecule has 0 N–H and O–H groups in total. The molecule has 0 bridgehead atoms. The van der Waals surface area contributed by atoms with E-state index in [4.69, 9.17) is 18.1 Å². The molecule has 0 saturated carbocycles. The Bertz CT molecular complexity index is 3190. The van der Waals surface area contributed by atoms with Crippen molar-refractivity contribution in [1.29, 1.82) is 0 Å². The first kappa shape index (κ1) is 30.8. The van der Waals surface area contributed by atoms with Crippen molar-refractivity contribution in [1.82, 2.24) is 15.0 Å². The molecule has 4 aromatic carbocycles. The van der Waals surface area contributed by atoms with Gasteiger partial charge in [-0.2, -0.15) is 0 Å². The molecule has 4 heterocycles. The number of hydrogen-bond donors (Lipinski definition) is 0. The smallest absolute Gasteiger partial charge is 0.216 e. The molecular weight excluding hydrogens is 911 g/mol. The van der Waals surface area contributed by atoms with Crippen LogP contribution in [0.4, 0.5) is 0 Å². The molecule has 0 aliphatic rings. The number of furan rings is 1. The predicted molar refractivity (Wildman–Crippen MR) is 246 cm³/mol. The van der Waals surface area contributed by atoms with Crippen LogP contribution in [0.3, 0.4) is 0 Å². The quantitative estimate of drug-likeness (QED) is 0.142. The molecule has 0 saturated heterocycles. The summed E-state index contributed by atoms with van der Waals surface area (Å²) in [5.41, 5.74) is 4.59. The molecule has 1 radical (unpaired) electrons. The number of aryl methyl sites for hydroxylation is 2. The zero-order valence-corrected chi connectivity index (χ0v) is 37.6.